The number of nitrogens with one attached hydrogen (secondary N) is 1. The van der Waals surface area contributed by atoms with Crippen molar-refractivity contribution in [2.75, 3.05) is 18.4 Å². The summed E-state index contributed by atoms with van der Waals surface area (Å²) < 4.78 is 84.9. The third kappa shape index (κ3) is 6.33. The number of anilines is 1. The lowest BCUT2D eigenvalue weighted by molar-refractivity contribution is -0.275. The van der Waals surface area contributed by atoms with Crippen LogP contribution in [0.1, 0.15) is 51.4 Å². The predicted molar refractivity (Wildman–Crippen MR) is 154 cm³/mol. The molecule has 0 unspecified atom stereocenters. The number of hydrogen-bond donors (Lipinski definition) is 1. The van der Waals surface area contributed by atoms with E-state index in [4.69, 9.17) is 9.31 Å². The van der Waals surface area contributed by atoms with Crippen molar-refractivity contribution >= 4 is 40.9 Å². The molecular formula is C30H33BF5N3O5. The monoisotopic (exact) mass is 621 g/mol. The average Bonchev–Trinajstić information content (AvgIpc) is 3.54. The number of carbonyl (C=O) groups excluding carboxylic acids is 2. The summed E-state index contributed by atoms with van der Waals surface area (Å²) >= 11 is 0. The number of aromatic nitrogens is 1. The number of halogens is 5. The molecule has 5 rings (SSSR count). The van der Waals surface area contributed by atoms with E-state index in [0.717, 1.165) is 29.2 Å². The number of hydrogen-bond acceptors (Lipinski definition) is 6. The molecule has 1 amide bonds. The van der Waals surface area contributed by atoms with Crippen molar-refractivity contribution in [1.82, 2.24) is 9.47 Å². The first kappa shape index (κ1) is 31.9. The zero-order valence-corrected chi connectivity index (χ0v) is 24.9. The van der Waals surface area contributed by atoms with Gasteiger partial charge in [0.15, 0.2) is 17.3 Å². The largest absolute Gasteiger partial charge is 0.573 e. The van der Waals surface area contributed by atoms with Crippen molar-refractivity contribution in [3.05, 3.63) is 54.0 Å². The lowest BCUT2D eigenvalue weighted by Crippen LogP contribution is -2.41. The first-order valence-electron chi connectivity index (χ1n) is 14.2. The van der Waals surface area contributed by atoms with Gasteiger partial charge in [-0.2, -0.15) is 0 Å². The number of ether oxygens (including phenoxy) is 1. The van der Waals surface area contributed by atoms with Crippen LogP contribution in [0.5, 0.6) is 5.75 Å². The summed E-state index contributed by atoms with van der Waals surface area (Å²) in [5, 5.41) is 2.97. The summed E-state index contributed by atoms with van der Waals surface area (Å²) in [6.07, 6.45) is -4.92. The van der Waals surface area contributed by atoms with Gasteiger partial charge in [-0.25, -0.2) is 8.78 Å². The molecule has 1 N–H and O–H groups in total. The van der Waals surface area contributed by atoms with Crippen molar-refractivity contribution in [1.29, 1.82) is 0 Å². The van der Waals surface area contributed by atoms with Crippen LogP contribution < -0.4 is 15.5 Å². The van der Waals surface area contributed by atoms with E-state index in [1.807, 2.05) is 50.5 Å². The molecule has 2 atom stereocenters. The van der Waals surface area contributed by atoms with Crippen molar-refractivity contribution < 1.29 is 45.6 Å². The van der Waals surface area contributed by atoms with Crippen molar-refractivity contribution in [3.63, 3.8) is 0 Å². The van der Waals surface area contributed by atoms with Crippen LogP contribution in [-0.4, -0.2) is 71.1 Å². The van der Waals surface area contributed by atoms with Gasteiger partial charge in [0.1, 0.15) is 6.17 Å². The number of nitrogens with zero attached hydrogens (tertiary/aromatic N) is 2. The minimum Gasteiger partial charge on any atom is -0.403 e. The Bertz CT molecular complexity index is 1570. The molecule has 2 aromatic carbocycles. The second-order valence-corrected chi connectivity index (χ2v) is 12.2. The third-order valence-corrected chi connectivity index (χ3v) is 8.54. The highest BCUT2D eigenvalue weighted by atomic mass is 19.4. The minimum atomic E-state index is -5.12. The number of Topliss-reactive ketones (excluding diaryl/α,β-unsaturated/α-hetero) is 1. The van der Waals surface area contributed by atoms with Crippen LogP contribution >= 0.6 is 0 Å². The van der Waals surface area contributed by atoms with E-state index in [2.05, 4.69) is 10.1 Å². The fourth-order valence-electron chi connectivity index (χ4n) is 5.54. The van der Waals surface area contributed by atoms with Crippen molar-refractivity contribution in [3.8, 4) is 5.75 Å². The number of rotatable bonds is 8. The normalized spacial score (nSPS) is 21.6. The van der Waals surface area contributed by atoms with Crippen LogP contribution in [-0.2, 0) is 20.6 Å². The molecule has 236 valence electrons. The Hall–Kier alpha value is -3.49. The smallest absolute Gasteiger partial charge is 0.403 e. The lowest BCUT2D eigenvalue weighted by Gasteiger charge is -2.32. The van der Waals surface area contributed by atoms with Crippen LogP contribution in [0, 0.1) is 5.82 Å². The average molecular weight is 621 g/mol. The number of carbonyl (C=O) groups is 2. The standard InChI is InChI=1S/C30H33BF5N3O5/c1-17(40)21-16-39(23-10-9-18(13-20(21)23)31-43-28(2,3)29(4,5)44-31)12-11-38-15-19(32)14-24(38)27(41)37-22-7-6-8-25(26(22)33)42-30(34,35)36/h6-10,13,16,19,24H,11-12,14-15H2,1-5H3,(H,37,41)/t19-,24+/m1/s1. The highest BCUT2D eigenvalue weighted by molar-refractivity contribution is 6.62. The van der Waals surface area contributed by atoms with Crippen LogP contribution in [0.3, 0.4) is 0 Å². The first-order chi connectivity index (χ1) is 20.5. The molecule has 3 aromatic rings. The Morgan fingerprint density at radius 3 is 2.41 bits per heavy atom. The number of likely N-dealkylation sites (tertiary alicyclic amines) is 1. The minimum absolute atomic E-state index is 0.0668. The maximum absolute atomic E-state index is 14.6. The second-order valence-electron chi connectivity index (χ2n) is 12.2. The summed E-state index contributed by atoms with van der Waals surface area (Å²) in [5.41, 5.74) is 0.384. The number of ketones is 1. The fraction of sp³-hybridized carbons (Fsp3) is 0.467. The van der Waals surface area contributed by atoms with Crippen LogP contribution in [0.2, 0.25) is 0 Å². The Balaban J connectivity index is 1.33. The SMILES string of the molecule is CC(=O)c1cn(CCN2C[C@H](F)C[C@H]2C(=O)Nc2cccc(OC(F)(F)F)c2F)c2ccc(B3OC(C)(C)C(C)(C)O3)cc12. The van der Waals surface area contributed by atoms with Crippen molar-refractivity contribution in [2.24, 2.45) is 0 Å². The van der Waals surface area contributed by atoms with E-state index >= 15 is 0 Å². The maximum atomic E-state index is 14.6. The van der Waals surface area contributed by atoms with Gasteiger partial charge in [0.05, 0.1) is 22.9 Å². The quantitative estimate of drug-likeness (QED) is 0.211. The van der Waals surface area contributed by atoms with E-state index in [-0.39, 0.29) is 25.3 Å². The van der Waals surface area contributed by atoms with Crippen molar-refractivity contribution in [2.45, 2.75) is 77.4 Å². The molecule has 0 bridgehead atoms. The maximum Gasteiger partial charge on any atom is 0.573 e. The molecule has 2 saturated heterocycles. The summed E-state index contributed by atoms with van der Waals surface area (Å²) in [5.74, 6) is -3.40. The Kier molecular flexibility index (Phi) is 8.32. The number of alkyl halides is 4. The Morgan fingerprint density at radius 2 is 1.77 bits per heavy atom. The molecule has 0 spiro atoms. The predicted octanol–water partition coefficient (Wildman–Crippen LogP) is 5.23. The molecule has 14 heteroatoms. The molecule has 1 aromatic heterocycles. The van der Waals surface area contributed by atoms with E-state index in [1.54, 1.807) is 11.1 Å². The van der Waals surface area contributed by atoms with E-state index < -0.39 is 60.1 Å². The van der Waals surface area contributed by atoms with E-state index in [0.29, 0.717) is 17.5 Å². The molecule has 44 heavy (non-hydrogen) atoms. The summed E-state index contributed by atoms with van der Waals surface area (Å²) in [7, 11) is -0.622. The number of benzene rings is 2. The van der Waals surface area contributed by atoms with Gasteiger partial charge in [-0.05, 0) is 58.3 Å². The summed E-state index contributed by atoms with van der Waals surface area (Å²) in [6, 6.07) is 7.56. The van der Waals surface area contributed by atoms with Crippen LogP contribution in [0.25, 0.3) is 10.9 Å². The van der Waals surface area contributed by atoms with Gasteiger partial charge in [-0.3, -0.25) is 14.5 Å². The summed E-state index contributed by atoms with van der Waals surface area (Å²) in [4.78, 5) is 27.2. The number of amides is 1. The topological polar surface area (TPSA) is 82.0 Å². The van der Waals surface area contributed by atoms with E-state index in [1.165, 1.54) is 6.92 Å². The molecule has 2 aliphatic heterocycles. The fourth-order valence-corrected chi connectivity index (χ4v) is 5.54. The second kappa shape index (κ2) is 11.5. The molecule has 0 aliphatic carbocycles. The summed E-state index contributed by atoms with van der Waals surface area (Å²) in [6.45, 7) is 9.70. The zero-order chi connectivity index (χ0) is 32.2. The van der Waals surface area contributed by atoms with Gasteiger partial charge in [0, 0.05) is 48.7 Å². The van der Waals surface area contributed by atoms with Gasteiger partial charge in [0.25, 0.3) is 0 Å². The van der Waals surface area contributed by atoms with Gasteiger partial charge < -0.3 is 23.9 Å². The molecule has 3 heterocycles. The molecular weight excluding hydrogens is 588 g/mol. The Morgan fingerprint density at radius 1 is 1.09 bits per heavy atom. The molecule has 2 fully saturated rings. The highest BCUT2D eigenvalue weighted by Gasteiger charge is 2.51. The molecule has 0 radical (unpaired) electrons. The van der Waals surface area contributed by atoms with Gasteiger partial charge in [0.2, 0.25) is 5.91 Å². The van der Waals surface area contributed by atoms with Crippen LogP contribution in [0.15, 0.2) is 42.6 Å². The van der Waals surface area contributed by atoms with Crippen LogP contribution in [0.4, 0.5) is 27.6 Å². The van der Waals surface area contributed by atoms with Gasteiger partial charge in [-0.1, -0.05) is 18.2 Å². The molecule has 0 saturated carbocycles. The first-order valence-corrected chi connectivity index (χ1v) is 14.2. The Labute approximate surface area is 251 Å². The van der Waals surface area contributed by atoms with Gasteiger partial charge in [-0.15, -0.1) is 13.2 Å². The molecule has 8 nitrogen and oxygen atoms in total. The number of fused-ring (bicyclic) bond motifs is 1. The zero-order valence-electron chi connectivity index (χ0n) is 24.9. The highest BCUT2D eigenvalue weighted by Crippen LogP contribution is 2.37. The lowest BCUT2D eigenvalue weighted by atomic mass is 9.78. The van der Waals surface area contributed by atoms with E-state index in [9.17, 15) is 31.5 Å². The van der Waals surface area contributed by atoms with Gasteiger partial charge >= 0.3 is 13.5 Å². The molecule has 2 aliphatic rings. The third-order valence-electron chi connectivity index (χ3n) is 8.54.